The Morgan fingerprint density at radius 2 is 2.17 bits per heavy atom. The molecule has 2 heterocycles. The average molecular weight is 351 g/mol. The molecular formula is C15H12Cl2N4O2. The van der Waals surface area contributed by atoms with Crippen LogP contribution in [0.3, 0.4) is 0 Å². The molecule has 0 saturated carbocycles. The lowest BCUT2D eigenvalue weighted by atomic mass is 10.1. The maximum absolute atomic E-state index is 12.1. The van der Waals surface area contributed by atoms with Crippen LogP contribution in [-0.4, -0.2) is 20.8 Å². The average Bonchev–Trinajstić information content (AvgIpc) is 3.14. The minimum Gasteiger partial charge on any atom is -0.355 e. The van der Waals surface area contributed by atoms with Crippen LogP contribution in [0.1, 0.15) is 16.1 Å². The summed E-state index contributed by atoms with van der Waals surface area (Å²) in [6, 6.07) is 6.53. The summed E-state index contributed by atoms with van der Waals surface area (Å²) in [5.74, 6) is 0.0622. The Labute approximate surface area is 142 Å². The van der Waals surface area contributed by atoms with Crippen LogP contribution in [0.5, 0.6) is 0 Å². The Bertz CT molecular complexity index is 857. The van der Waals surface area contributed by atoms with Gasteiger partial charge in [-0.25, -0.2) is 0 Å². The molecule has 8 heteroatoms. The van der Waals surface area contributed by atoms with Crippen molar-refractivity contribution in [3.8, 4) is 11.3 Å². The summed E-state index contributed by atoms with van der Waals surface area (Å²) < 4.78 is 6.86. The number of carbonyl (C=O) groups is 1. The van der Waals surface area contributed by atoms with Crippen LogP contribution in [0, 0.1) is 0 Å². The van der Waals surface area contributed by atoms with Crippen molar-refractivity contribution >= 4 is 29.1 Å². The fraction of sp³-hybridized carbons (Fsp3) is 0.133. The van der Waals surface area contributed by atoms with Gasteiger partial charge in [-0.05, 0) is 18.2 Å². The number of rotatable bonds is 4. The van der Waals surface area contributed by atoms with E-state index in [-0.39, 0.29) is 11.6 Å². The first-order valence-electron chi connectivity index (χ1n) is 6.71. The molecule has 0 fully saturated rings. The number of amides is 1. The fourth-order valence-corrected chi connectivity index (χ4v) is 2.54. The Balaban J connectivity index is 1.72. The summed E-state index contributed by atoms with van der Waals surface area (Å²) in [6.07, 6.45) is 3.50. The van der Waals surface area contributed by atoms with E-state index in [0.29, 0.717) is 27.9 Å². The van der Waals surface area contributed by atoms with Crippen LogP contribution >= 0.6 is 23.2 Å². The lowest BCUT2D eigenvalue weighted by molar-refractivity contribution is 0.0942. The predicted molar refractivity (Wildman–Crippen MR) is 86.3 cm³/mol. The molecule has 0 saturated heterocycles. The van der Waals surface area contributed by atoms with Gasteiger partial charge in [0.1, 0.15) is 0 Å². The number of nitrogens with one attached hydrogen (secondary N) is 1. The summed E-state index contributed by atoms with van der Waals surface area (Å²) in [5, 5.41) is 11.5. The first-order valence-corrected chi connectivity index (χ1v) is 7.46. The second kappa shape index (κ2) is 6.44. The molecule has 0 unspecified atom stereocenters. The van der Waals surface area contributed by atoms with Crippen molar-refractivity contribution in [1.82, 2.24) is 20.3 Å². The number of hydrogen-bond donors (Lipinski definition) is 1. The molecule has 118 valence electrons. The SMILES string of the molecule is Cn1cc(CNC(=O)c2cc(-c3ccc(Cl)cc3Cl)on2)cn1. The number of carbonyl (C=O) groups excluding carboxylic acids is 1. The molecule has 23 heavy (non-hydrogen) atoms. The van der Waals surface area contributed by atoms with E-state index in [4.69, 9.17) is 27.7 Å². The highest BCUT2D eigenvalue weighted by atomic mass is 35.5. The van der Waals surface area contributed by atoms with Gasteiger partial charge in [-0.1, -0.05) is 28.4 Å². The number of benzene rings is 1. The number of aromatic nitrogens is 3. The predicted octanol–water partition coefficient (Wildman–Crippen LogP) is 3.31. The second-order valence-corrected chi connectivity index (χ2v) is 5.75. The standard InChI is InChI=1S/C15H12Cl2N4O2/c1-21-8-9(7-19-21)6-18-15(22)13-5-14(23-20-13)11-3-2-10(16)4-12(11)17/h2-5,7-8H,6H2,1H3,(H,18,22). The van der Waals surface area contributed by atoms with Gasteiger partial charge in [-0.15, -0.1) is 0 Å². The topological polar surface area (TPSA) is 73.0 Å². The minimum atomic E-state index is -0.339. The Morgan fingerprint density at radius 3 is 2.87 bits per heavy atom. The highest BCUT2D eigenvalue weighted by molar-refractivity contribution is 6.36. The second-order valence-electron chi connectivity index (χ2n) is 4.91. The zero-order valence-electron chi connectivity index (χ0n) is 12.1. The molecule has 1 N–H and O–H groups in total. The van der Waals surface area contributed by atoms with Crippen molar-refractivity contribution in [2.75, 3.05) is 0 Å². The maximum atomic E-state index is 12.1. The van der Waals surface area contributed by atoms with Crippen molar-refractivity contribution in [1.29, 1.82) is 0 Å². The summed E-state index contributed by atoms with van der Waals surface area (Å²) in [4.78, 5) is 12.1. The summed E-state index contributed by atoms with van der Waals surface area (Å²) in [6.45, 7) is 0.358. The van der Waals surface area contributed by atoms with E-state index in [9.17, 15) is 4.79 Å². The smallest absolute Gasteiger partial charge is 0.273 e. The first-order chi connectivity index (χ1) is 11.0. The van der Waals surface area contributed by atoms with Crippen molar-refractivity contribution < 1.29 is 9.32 Å². The van der Waals surface area contributed by atoms with Crippen LogP contribution < -0.4 is 5.32 Å². The van der Waals surface area contributed by atoms with Gasteiger partial charge < -0.3 is 9.84 Å². The third-order valence-electron chi connectivity index (χ3n) is 3.15. The maximum Gasteiger partial charge on any atom is 0.273 e. The Morgan fingerprint density at radius 1 is 1.35 bits per heavy atom. The van der Waals surface area contributed by atoms with Crippen molar-refractivity contribution in [2.24, 2.45) is 7.05 Å². The summed E-state index contributed by atoms with van der Waals surface area (Å²) in [5.41, 5.74) is 1.69. The van der Waals surface area contributed by atoms with E-state index in [0.717, 1.165) is 5.56 Å². The van der Waals surface area contributed by atoms with Crippen LogP contribution in [0.4, 0.5) is 0 Å². The van der Waals surface area contributed by atoms with E-state index >= 15 is 0 Å². The van der Waals surface area contributed by atoms with Gasteiger partial charge in [-0.3, -0.25) is 9.48 Å². The van der Waals surface area contributed by atoms with E-state index < -0.39 is 0 Å². The van der Waals surface area contributed by atoms with Gasteiger partial charge in [0.05, 0.1) is 11.2 Å². The molecular weight excluding hydrogens is 339 g/mol. The molecule has 0 aliphatic rings. The highest BCUT2D eigenvalue weighted by Crippen LogP contribution is 2.30. The lowest BCUT2D eigenvalue weighted by Gasteiger charge is -2.00. The fourth-order valence-electron chi connectivity index (χ4n) is 2.03. The van der Waals surface area contributed by atoms with Crippen LogP contribution in [0.2, 0.25) is 10.0 Å². The van der Waals surface area contributed by atoms with Crippen LogP contribution in [0.25, 0.3) is 11.3 Å². The third-order valence-corrected chi connectivity index (χ3v) is 3.70. The van der Waals surface area contributed by atoms with Gasteiger partial charge in [0, 0.05) is 42.0 Å². The van der Waals surface area contributed by atoms with Gasteiger partial charge >= 0.3 is 0 Å². The molecule has 6 nitrogen and oxygen atoms in total. The molecule has 1 amide bonds. The molecule has 0 radical (unpaired) electrons. The Hall–Kier alpha value is -2.31. The molecule has 0 aliphatic heterocycles. The van der Waals surface area contributed by atoms with Gasteiger partial charge in [0.2, 0.25) is 0 Å². The van der Waals surface area contributed by atoms with E-state index in [1.807, 2.05) is 13.2 Å². The molecule has 0 spiro atoms. The number of halogens is 2. The molecule has 3 rings (SSSR count). The molecule has 0 bridgehead atoms. The third kappa shape index (κ3) is 3.55. The van der Waals surface area contributed by atoms with Crippen LogP contribution in [0.15, 0.2) is 41.2 Å². The monoisotopic (exact) mass is 350 g/mol. The zero-order chi connectivity index (χ0) is 16.4. The molecule has 3 aromatic rings. The normalized spacial score (nSPS) is 10.7. The van der Waals surface area contributed by atoms with Crippen LogP contribution in [-0.2, 0) is 13.6 Å². The number of nitrogens with zero attached hydrogens (tertiary/aromatic N) is 3. The largest absolute Gasteiger partial charge is 0.355 e. The van der Waals surface area contributed by atoms with Crippen molar-refractivity contribution in [3.05, 3.63) is 58.0 Å². The summed E-state index contributed by atoms with van der Waals surface area (Å²) in [7, 11) is 1.81. The summed E-state index contributed by atoms with van der Waals surface area (Å²) >= 11 is 12.0. The van der Waals surface area contributed by atoms with Gasteiger partial charge in [-0.2, -0.15) is 5.10 Å². The zero-order valence-corrected chi connectivity index (χ0v) is 13.6. The van der Waals surface area contributed by atoms with E-state index in [2.05, 4.69) is 15.6 Å². The molecule has 2 aromatic heterocycles. The lowest BCUT2D eigenvalue weighted by Crippen LogP contribution is -2.22. The molecule has 1 aromatic carbocycles. The molecule has 0 atom stereocenters. The number of aryl methyl sites for hydroxylation is 1. The van der Waals surface area contributed by atoms with Crippen molar-refractivity contribution in [2.45, 2.75) is 6.54 Å². The molecule has 0 aliphatic carbocycles. The van der Waals surface area contributed by atoms with E-state index in [1.54, 1.807) is 29.1 Å². The van der Waals surface area contributed by atoms with Crippen molar-refractivity contribution in [3.63, 3.8) is 0 Å². The Kier molecular flexibility index (Phi) is 4.36. The first kappa shape index (κ1) is 15.6. The van der Waals surface area contributed by atoms with Gasteiger partial charge in [0.15, 0.2) is 11.5 Å². The number of hydrogen-bond acceptors (Lipinski definition) is 4. The minimum absolute atomic E-state index is 0.176. The quantitative estimate of drug-likeness (QED) is 0.783. The van der Waals surface area contributed by atoms with Gasteiger partial charge in [0.25, 0.3) is 5.91 Å². The van der Waals surface area contributed by atoms with E-state index in [1.165, 1.54) is 6.07 Å². The highest BCUT2D eigenvalue weighted by Gasteiger charge is 2.15.